The molecule has 0 rings (SSSR count). The first-order valence-corrected chi connectivity index (χ1v) is 24.1. The second-order valence-corrected chi connectivity index (χ2v) is 17.1. The minimum atomic E-state index is -4.75. The molecule has 0 fully saturated rings. The van der Waals surface area contributed by atoms with Crippen LogP contribution in [0.25, 0.3) is 0 Å². The normalized spacial score (nSPS) is 13.7. The summed E-state index contributed by atoms with van der Waals surface area (Å²) in [5, 5.41) is 21.8. The molecule has 55 heavy (non-hydrogen) atoms. The molecule has 326 valence electrons. The van der Waals surface area contributed by atoms with Crippen LogP contribution in [0.4, 0.5) is 0 Å². The third kappa shape index (κ3) is 39.1. The average Bonchev–Trinajstić information content (AvgIpc) is 3.16. The van der Waals surface area contributed by atoms with Crippen molar-refractivity contribution in [2.24, 2.45) is 0 Å². The fourth-order valence-corrected chi connectivity index (χ4v) is 7.38. The van der Waals surface area contributed by atoms with Crippen LogP contribution in [0.1, 0.15) is 226 Å². The highest BCUT2D eigenvalue weighted by Gasteiger charge is 2.28. The number of aliphatic carboxylic acids is 1. The van der Waals surface area contributed by atoms with E-state index in [9.17, 15) is 34.1 Å². The quantitative estimate of drug-likeness (QED) is 0.0264. The van der Waals surface area contributed by atoms with Gasteiger partial charge in [0.1, 0.15) is 12.7 Å². The van der Waals surface area contributed by atoms with Gasteiger partial charge in [-0.2, -0.15) is 0 Å². The van der Waals surface area contributed by atoms with Gasteiger partial charge in [-0.3, -0.25) is 18.6 Å². The van der Waals surface area contributed by atoms with Crippen molar-refractivity contribution in [3.8, 4) is 0 Å². The molecule has 0 aromatic heterocycles. The van der Waals surface area contributed by atoms with Gasteiger partial charge < -0.3 is 25.2 Å². The molecule has 0 aliphatic heterocycles. The summed E-state index contributed by atoms with van der Waals surface area (Å²) < 4.78 is 26.8. The van der Waals surface area contributed by atoms with Gasteiger partial charge in [0.2, 0.25) is 5.91 Å². The number of carbonyl (C=O) groups is 3. The van der Waals surface area contributed by atoms with Crippen molar-refractivity contribution in [2.45, 2.75) is 238 Å². The number of aliphatic hydroxyl groups excluding tert-OH is 1. The first-order chi connectivity index (χ1) is 26.6. The Hall–Kier alpha value is -1.52. The van der Waals surface area contributed by atoms with Crippen molar-refractivity contribution in [3.05, 3.63) is 0 Å². The lowest BCUT2D eigenvalue weighted by molar-refractivity contribution is -0.147. The van der Waals surface area contributed by atoms with Crippen LogP contribution in [0.5, 0.6) is 0 Å². The standard InChI is InChI=1S/C43H84NO10P/c1-3-5-7-9-11-13-15-17-19-20-21-22-24-26-28-30-32-34-41(46)44-40(43(48)49)38-54-55(50,51)53-37-39(45)36-52-42(47)35-33-31-29-27-25-23-18-16-14-12-10-8-6-4-2/h39-40,45H,3-38H2,1-2H3,(H,44,46)(H,48,49)(H,50,51). The topological polar surface area (TPSA) is 169 Å². The third-order valence-electron chi connectivity index (χ3n) is 10.1. The van der Waals surface area contributed by atoms with Crippen molar-refractivity contribution in [1.82, 2.24) is 5.32 Å². The second-order valence-electron chi connectivity index (χ2n) is 15.6. The van der Waals surface area contributed by atoms with E-state index in [1.807, 2.05) is 0 Å². The predicted molar refractivity (Wildman–Crippen MR) is 222 cm³/mol. The summed E-state index contributed by atoms with van der Waals surface area (Å²) >= 11 is 0. The Morgan fingerprint density at radius 3 is 1.20 bits per heavy atom. The van der Waals surface area contributed by atoms with Crippen molar-refractivity contribution in [1.29, 1.82) is 0 Å². The molecular formula is C43H84NO10P. The predicted octanol–water partition coefficient (Wildman–Crippen LogP) is 11.5. The fraction of sp³-hybridized carbons (Fsp3) is 0.930. The van der Waals surface area contributed by atoms with E-state index in [2.05, 4.69) is 19.2 Å². The van der Waals surface area contributed by atoms with Crippen LogP contribution < -0.4 is 5.32 Å². The van der Waals surface area contributed by atoms with E-state index in [-0.39, 0.29) is 12.8 Å². The van der Waals surface area contributed by atoms with Crippen LogP contribution in [0, 0.1) is 0 Å². The number of amides is 1. The van der Waals surface area contributed by atoms with Crippen molar-refractivity contribution >= 4 is 25.7 Å². The molecule has 1 amide bonds. The van der Waals surface area contributed by atoms with Crippen molar-refractivity contribution < 1.29 is 47.8 Å². The monoisotopic (exact) mass is 806 g/mol. The fourth-order valence-electron chi connectivity index (χ4n) is 6.61. The largest absolute Gasteiger partial charge is 0.480 e. The SMILES string of the molecule is CCCCCCCCCCCCCCCCCCCC(=O)NC(COP(=O)(O)OCC(O)COC(=O)CCCCCCCCCCCCCCCC)C(=O)O. The van der Waals surface area contributed by atoms with Crippen LogP contribution >= 0.6 is 7.82 Å². The molecule has 0 saturated carbocycles. The number of phosphoric ester groups is 1. The maximum absolute atomic E-state index is 12.3. The Morgan fingerprint density at radius 1 is 0.509 bits per heavy atom. The Bertz CT molecular complexity index is 952. The molecule has 0 spiro atoms. The summed E-state index contributed by atoms with van der Waals surface area (Å²) in [6.45, 7) is 2.62. The number of nitrogens with one attached hydrogen (secondary N) is 1. The second kappa shape index (κ2) is 39.3. The highest BCUT2D eigenvalue weighted by atomic mass is 31.2. The highest BCUT2D eigenvalue weighted by Crippen LogP contribution is 2.43. The molecule has 0 aromatic rings. The van der Waals surface area contributed by atoms with Gasteiger partial charge in [-0.15, -0.1) is 0 Å². The molecule has 0 heterocycles. The smallest absolute Gasteiger partial charge is 0.472 e. The number of aliphatic hydroxyl groups is 1. The van der Waals surface area contributed by atoms with Crippen LogP contribution in [0.2, 0.25) is 0 Å². The van der Waals surface area contributed by atoms with Gasteiger partial charge in [0.25, 0.3) is 0 Å². The molecule has 4 N–H and O–H groups in total. The summed E-state index contributed by atoms with van der Waals surface area (Å²) in [4.78, 5) is 45.9. The minimum absolute atomic E-state index is 0.153. The van der Waals surface area contributed by atoms with E-state index < -0.39 is 57.6 Å². The van der Waals surface area contributed by atoms with Crippen LogP contribution in [0.3, 0.4) is 0 Å². The number of ether oxygens (including phenoxy) is 1. The van der Waals surface area contributed by atoms with Gasteiger partial charge >= 0.3 is 19.8 Å². The van der Waals surface area contributed by atoms with Crippen LogP contribution in [-0.2, 0) is 32.7 Å². The molecule has 0 radical (unpaired) electrons. The molecule has 0 aromatic carbocycles. The molecule has 0 saturated heterocycles. The van der Waals surface area contributed by atoms with E-state index in [0.29, 0.717) is 12.8 Å². The molecule has 11 nitrogen and oxygen atoms in total. The Labute approximate surface area is 335 Å². The van der Waals surface area contributed by atoms with Gasteiger partial charge in [0.15, 0.2) is 6.04 Å². The lowest BCUT2D eigenvalue weighted by Gasteiger charge is -2.18. The van der Waals surface area contributed by atoms with Gasteiger partial charge in [-0.05, 0) is 12.8 Å². The average molecular weight is 806 g/mol. The molecule has 0 aliphatic rings. The van der Waals surface area contributed by atoms with E-state index in [0.717, 1.165) is 38.5 Å². The number of carbonyl (C=O) groups excluding carboxylic acids is 2. The number of hydrogen-bond donors (Lipinski definition) is 4. The zero-order chi connectivity index (χ0) is 40.7. The van der Waals surface area contributed by atoms with E-state index in [1.165, 1.54) is 148 Å². The molecule has 0 aliphatic carbocycles. The number of esters is 1. The van der Waals surface area contributed by atoms with E-state index >= 15 is 0 Å². The third-order valence-corrected chi connectivity index (χ3v) is 11.1. The molecular weight excluding hydrogens is 721 g/mol. The van der Waals surface area contributed by atoms with Crippen molar-refractivity contribution in [2.75, 3.05) is 19.8 Å². The summed E-state index contributed by atoms with van der Waals surface area (Å²) in [5.74, 6) is -2.35. The number of unbranched alkanes of at least 4 members (excludes halogenated alkanes) is 29. The summed E-state index contributed by atoms with van der Waals surface area (Å²) in [5.41, 5.74) is 0. The van der Waals surface area contributed by atoms with Gasteiger partial charge in [0, 0.05) is 12.8 Å². The lowest BCUT2D eigenvalue weighted by atomic mass is 10.0. The summed E-state index contributed by atoms with van der Waals surface area (Å²) in [7, 11) is -4.75. The number of phosphoric acid groups is 1. The zero-order valence-electron chi connectivity index (χ0n) is 35.3. The lowest BCUT2D eigenvalue weighted by Crippen LogP contribution is -2.43. The number of rotatable bonds is 43. The first kappa shape index (κ1) is 53.5. The highest BCUT2D eigenvalue weighted by molar-refractivity contribution is 7.47. The number of carboxylic acids is 1. The summed E-state index contributed by atoms with van der Waals surface area (Å²) in [6, 6.07) is -1.54. The van der Waals surface area contributed by atoms with Gasteiger partial charge in [-0.1, -0.05) is 200 Å². The molecule has 12 heteroatoms. The number of carboxylic acid groups (broad SMARTS) is 1. The Morgan fingerprint density at radius 2 is 0.836 bits per heavy atom. The minimum Gasteiger partial charge on any atom is -0.480 e. The number of hydrogen-bond acceptors (Lipinski definition) is 8. The molecule has 3 unspecified atom stereocenters. The first-order valence-electron chi connectivity index (χ1n) is 22.6. The zero-order valence-corrected chi connectivity index (χ0v) is 36.2. The van der Waals surface area contributed by atoms with E-state index in [1.54, 1.807) is 0 Å². The van der Waals surface area contributed by atoms with Crippen LogP contribution in [-0.4, -0.2) is 64.9 Å². The molecule has 3 atom stereocenters. The van der Waals surface area contributed by atoms with E-state index in [4.69, 9.17) is 13.8 Å². The Balaban J connectivity index is 3.86. The van der Waals surface area contributed by atoms with Crippen LogP contribution in [0.15, 0.2) is 0 Å². The summed E-state index contributed by atoms with van der Waals surface area (Å²) in [6.07, 6.45) is 36.9. The molecule has 0 bridgehead atoms. The Kier molecular flexibility index (Phi) is 38.2. The maximum Gasteiger partial charge on any atom is 0.472 e. The van der Waals surface area contributed by atoms with Gasteiger partial charge in [0.05, 0.1) is 13.2 Å². The van der Waals surface area contributed by atoms with Gasteiger partial charge in [-0.25, -0.2) is 9.36 Å². The van der Waals surface area contributed by atoms with Crippen molar-refractivity contribution in [3.63, 3.8) is 0 Å². The maximum atomic E-state index is 12.3.